The van der Waals surface area contributed by atoms with Gasteiger partial charge in [0.15, 0.2) is 0 Å². The van der Waals surface area contributed by atoms with E-state index in [4.69, 9.17) is 0 Å². The van der Waals surface area contributed by atoms with Crippen molar-refractivity contribution in [2.24, 2.45) is 0 Å². The maximum Gasteiger partial charge on any atom is 0.417 e. The Morgan fingerprint density at radius 3 is 2.39 bits per heavy atom. The van der Waals surface area contributed by atoms with Crippen LogP contribution in [0.5, 0.6) is 0 Å². The van der Waals surface area contributed by atoms with Gasteiger partial charge in [0.05, 0.1) is 16.5 Å². The van der Waals surface area contributed by atoms with Crippen LogP contribution in [0.15, 0.2) is 72.0 Å². The maximum absolute atomic E-state index is 13.5. The SMILES string of the molecule is O=S(=O)(c1ccccc1C(F)(F)F)N1CCn2cccc2C1c1ccncc1. The van der Waals surface area contributed by atoms with Crippen LogP contribution in [-0.2, 0) is 22.7 Å². The summed E-state index contributed by atoms with van der Waals surface area (Å²) in [6.45, 7) is 0.417. The minimum absolute atomic E-state index is 0.0587. The summed E-state index contributed by atoms with van der Waals surface area (Å²) in [6, 6.07) is 10.5. The molecule has 3 aromatic rings. The molecule has 3 heterocycles. The summed E-state index contributed by atoms with van der Waals surface area (Å²) in [5, 5.41) is 0. The van der Waals surface area contributed by atoms with Gasteiger partial charge in [-0.05, 0) is 42.0 Å². The van der Waals surface area contributed by atoms with Crippen molar-refractivity contribution in [1.82, 2.24) is 13.9 Å². The van der Waals surface area contributed by atoms with Gasteiger partial charge in [0.25, 0.3) is 0 Å². The van der Waals surface area contributed by atoms with Crippen LogP contribution in [0, 0.1) is 0 Å². The van der Waals surface area contributed by atoms with Gasteiger partial charge in [-0.25, -0.2) is 8.42 Å². The summed E-state index contributed by atoms with van der Waals surface area (Å²) in [5.41, 5.74) is 0.178. The molecule has 1 atom stereocenters. The third-order valence-electron chi connectivity index (χ3n) is 4.80. The lowest BCUT2D eigenvalue weighted by molar-refractivity contribution is -0.139. The minimum Gasteiger partial charge on any atom is -0.348 e. The molecule has 1 unspecified atom stereocenters. The molecule has 1 aromatic carbocycles. The van der Waals surface area contributed by atoms with E-state index < -0.39 is 32.7 Å². The van der Waals surface area contributed by atoms with Crippen LogP contribution < -0.4 is 0 Å². The molecular formula is C19H16F3N3O2S. The molecule has 146 valence electrons. The molecule has 0 saturated carbocycles. The van der Waals surface area contributed by atoms with E-state index in [2.05, 4.69) is 4.98 Å². The number of nitrogens with zero attached hydrogens (tertiary/aromatic N) is 3. The highest BCUT2D eigenvalue weighted by Crippen LogP contribution is 2.40. The number of benzene rings is 1. The molecule has 28 heavy (non-hydrogen) atoms. The van der Waals surface area contributed by atoms with Crippen molar-refractivity contribution in [2.45, 2.75) is 23.7 Å². The van der Waals surface area contributed by atoms with E-state index in [0.29, 0.717) is 17.8 Å². The monoisotopic (exact) mass is 407 g/mol. The third kappa shape index (κ3) is 3.10. The fourth-order valence-electron chi connectivity index (χ4n) is 3.56. The number of aromatic nitrogens is 2. The van der Waals surface area contributed by atoms with E-state index >= 15 is 0 Å². The number of alkyl halides is 3. The molecule has 1 aliphatic heterocycles. The predicted molar refractivity (Wildman–Crippen MR) is 95.8 cm³/mol. The lowest BCUT2D eigenvalue weighted by Crippen LogP contribution is -2.42. The second kappa shape index (κ2) is 6.75. The topological polar surface area (TPSA) is 55.2 Å². The Morgan fingerprint density at radius 2 is 1.68 bits per heavy atom. The molecule has 0 bridgehead atoms. The molecule has 5 nitrogen and oxygen atoms in total. The summed E-state index contributed by atoms with van der Waals surface area (Å²) in [4.78, 5) is 3.22. The van der Waals surface area contributed by atoms with Crippen molar-refractivity contribution in [2.75, 3.05) is 6.54 Å². The highest BCUT2D eigenvalue weighted by Gasteiger charge is 2.42. The van der Waals surface area contributed by atoms with Gasteiger partial charge in [0.1, 0.15) is 0 Å². The largest absolute Gasteiger partial charge is 0.417 e. The van der Waals surface area contributed by atoms with Crippen LogP contribution in [0.1, 0.15) is 22.9 Å². The summed E-state index contributed by atoms with van der Waals surface area (Å²) in [7, 11) is -4.41. The molecule has 0 spiro atoms. The Morgan fingerprint density at radius 1 is 0.964 bits per heavy atom. The van der Waals surface area contributed by atoms with Gasteiger partial charge in [-0.3, -0.25) is 4.98 Å². The van der Waals surface area contributed by atoms with Gasteiger partial charge in [0, 0.05) is 37.4 Å². The zero-order chi connectivity index (χ0) is 19.9. The summed E-state index contributed by atoms with van der Waals surface area (Å²) in [6.07, 6.45) is 0.125. The average Bonchev–Trinajstić information content (AvgIpc) is 3.16. The quantitative estimate of drug-likeness (QED) is 0.665. The second-order valence-electron chi connectivity index (χ2n) is 6.42. The standard InChI is InChI=1S/C19H16F3N3O2S/c20-19(21,22)15-4-1-2-6-17(15)28(26,27)25-13-12-24-11-3-5-16(24)18(25)14-7-9-23-10-8-14/h1-11,18H,12-13H2. The van der Waals surface area contributed by atoms with Crippen molar-refractivity contribution < 1.29 is 21.6 Å². The van der Waals surface area contributed by atoms with Gasteiger partial charge >= 0.3 is 6.18 Å². The molecule has 0 radical (unpaired) electrons. The van der Waals surface area contributed by atoms with E-state index in [9.17, 15) is 21.6 Å². The van der Waals surface area contributed by atoms with Crippen LogP contribution in [-0.4, -0.2) is 28.8 Å². The van der Waals surface area contributed by atoms with Crippen molar-refractivity contribution in [3.05, 3.63) is 83.9 Å². The van der Waals surface area contributed by atoms with Gasteiger partial charge in [0.2, 0.25) is 10.0 Å². The van der Waals surface area contributed by atoms with Gasteiger partial charge in [-0.15, -0.1) is 0 Å². The van der Waals surface area contributed by atoms with Gasteiger partial charge in [-0.2, -0.15) is 17.5 Å². The predicted octanol–water partition coefficient (Wildman–Crippen LogP) is 3.70. The Balaban J connectivity index is 1.88. The summed E-state index contributed by atoms with van der Waals surface area (Å²) < 4.78 is 70.2. The van der Waals surface area contributed by atoms with Gasteiger partial charge in [-0.1, -0.05) is 12.1 Å². The lowest BCUT2D eigenvalue weighted by atomic mass is 10.0. The molecule has 9 heteroatoms. The van der Waals surface area contributed by atoms with Crippen molar-refractivity contribution in [1.29, 1.82) is 0 Å². The first-order valence-electron chi connectivity index (χ1n) is 8.53. The fourth-order valence-corrected chi connectivity index (χ4v) is 5.35. The lowest BCUT2D eigenvalue weighted by Gasteiger charge is -2.36. The van der Waals surface area contributed by atoms with Crippen LogP contribution in [0.4, 0.5) is 13.2 Å². The van der Waals surface area contributed by atoms with E-state index in [1.54, 1.807) is 24.3 Å². The first kappa shape index (κ1) is 18.7. The number of sulfonamides is 1. The first-order valence-corrected chi connectivity index (χ1v) is 9.97. The van der Waals surface area contributed by atoms with Crippen molar-refractivity contribution in [3.63, 3.8) is 0 Å². The normalized spacial score (nSPS) is 18.0. The Bertz CT molecular complexity index is 1090. The Hall–Kier alpha value is -2.65. The van der Waals surface area contributed by atoms with Gasteiger partial charge < -0.3 is 4.57 Å². The number of fused-ring (bicyclic) bond motifs is 1. The van der Waals surface area contributed by atoms with E-state index in [1.165, 1.54) is 24.5 Å². The van der Waals surface area contributed by atoms with Crippen LogP contribution in [0.3, 0.4) is 0 Å². The third-order valence-corrected chi connectivity index (χ3v) is 6.72. The van der Waals surface area contributed by atoms with E-state index in [-0.39, 0.29) is 6.54 Å². The first-order chi connectivity index (χ1) is 13.3. The molecule has 0 saturated heterocycles. The smallest absolute Gasteiger partial charge is 0.348 e. The maximum atomic E-state index is 13.5. The zero-order valence-corrected chi connectivity index (χ0v) is 15.4. The van der Waals surface area contributed by atoms with Crippen LogP contribution in [0.2, 0.25) is 0 Å². The summed E-state index contributed by atoms with van der Waals surface area (Å²) in [5.74, 6) is 0. The van der Waals surface area contributed by atoms with Crippen LogP contribution in [0.25, 0.3) is 0 Å². The highest BCUT2D eigenvalue weighted by atomic mass is 32.2. The van der Waals surface area contributed by atoms with E-state index in [1.807, 2.05) is 10.8 Å². The van der Waals surface area contributed by atoms with Crippen LogP contribution >= 0.6 is 0 Å². The molecule has 0 fully saturated rings. The zero-order valence-electron chi connectivity index (χ0n) is 14.5. The number of hydrogen-bond acceptors (Lipinski definition) is 3. The molecular weight excluding hydrogens is 391 g/mol. The summed E-state index contributed by atoms with van der Waals surface area (Å²) >= 11 is 0. The van der Waals surface area contributed by atoms with Crippen molar-refractivity contribution in [3.8, 4) is 0 Å². The molecule has 0 aliphatic carbocycles. The molecule has 4 rings (SSSR count). The molecule has 0 amide bonds. The number of rotatable bonds is 3. The van der Waals surface area contributed by atoms with E-state index in [0.717, 1.165) is 16.4 Å². The molecule has 1 aliphatic rings. The number of hydrogen-bond donors (Lipinski definition) is 0. The second-order valence-corrected chi connectivity index (χ2v) is 8.28. The highest BCUT2D eigenvalue weighted by molar-refractivity contribution is 7.89. The average molecular weight is 407 g/mol. The number of halogens is 3. The Kier molecular flexibility index (Phi) is 4.51. The minimum atomic E-state index is -4.77. The fraction of sp³-hybridized carbons (Fsp3) is 0.211. The molecule has 2 aromatic heterocycles. The number of pyridine rings is 1. The molecule has 0 N–H and O–H groups in total. The Labute approximate surface area is 160 Å². The van der Waals surface area contributed by atoms with Crippen molar-refractivity contribution >= 4 is 10.0 Å².